The van der Waals surface area contributed by atoms with E-state index in [4.69, 9.17) is 4.42 Å². The van der Waals surface area contributed by atoms with Gasteiger partial charge in [-0.3, -0.25) is 10.1 Å². The first-order valence-corrected chi connectivity index (χ1v) is 11.9. The predicted molar refractivity (Wildman–Crippen MR) is 141 cm³/mol. The number of rotatable bonds is 7. The van der Waals surface area contributed by atoms with Crippen LogP contribution in [0.4, 0.5) is 11.6 Å². The average molecular weight is 504 g/mol. The van der Waals surface area contributed by atoms with Gasteiger partial charge in [-0.2, -0.15) is 5.26 Å². The molecular weight excluding hydrogens is 486 g/mol. The second-order valence-corrected chi connectivity index (χ2v) is 8.72. The first-order chi connectivity index (χ1) is 18.1. The molecule has 0 aliphatic carbocycles. The third kappa shape index (κ3) is 5.15. The summed E-state index contributed by atoms with van der Waals surface area (Å²) in [6.45, 7) is 0. The summed E-state index contributed by atoms with van der Waals surface area (Å²) in [6, 6.07) is 27.6. The summed E-state index contributed by atoms with van der Waals surface area (Å²) >= 11 is 1.10. The smallest absolute Gasteiger partial charge is 0.283 e. The van der Waals surface area contributed by atoms with Crippen molar-refractivity contribution in [3.8, 4) is 28.5 Å². The second-order valence-electron chi connectivity index (χ2n) is 7.71. The van der Waals surface area contributed by atoms with Gasteiger partial charge in [0, 0.05) is 35.8 Å². The molecule has 0 saturated carbocycles. The summed E-state index contributed by atoms with van der Waals surface area (Å²) in [6.07, 6.45) is 4.60. The molecule has 5 rings (SSSR count). The first-order valence-electron chi connectivity index (χ1n) is 11.1. The Balaban J connectivity index is 1.55. The van der Waals surface area contributed by atoms with E-state index >= 15 is 0 Å². The van der Waals surface area contributed by atoms with Crippen molar-refractivity contribution in [3.05, 3.63) is 119 Å². The van der Waals surface area contributed by atoms with E-state index in [0.29, 0.717) is 26.9 Å². The number of aromatic nitrogens is 2. The van der Waals surface area contributed by atoms with E-state index < -0.39 is 4.92 Å². The molecule has 0 aliphatic rings. The van der Waals surface area contributed by atoms with Gasteiger partial charge in [0.1, 0.15) is 17.4 Å². The lowest BCUT2D eigenvalue weighted by atomic mass is 9.98. The molecule has 0 saturated heterocycles. The number of hydrogen-bond donors (Lipinski definition) is 0. The van der Waals surface area contributed by atoms with E-state index in [-0.39, 0.29) is 17.1 Å². The van der Waals surface area contributed by atoms with Crippen molar-refractivity contribution in [1.29, 1.82) is 5.26 Å². The molecule has 3 aromatic carbocycles. The largest absolute Gasteiger partial charge is 0.436 e. The van der Waals surface area contributed by atoms with Gasteiger partial charge in [0.05, 0.1) is 9.82 Å². The van der Waals surface area contributed by atoms with Gasteiger partial charge < -0.3 is 4.42 Å². The Morgan fingerprint density at radius 3 is 2.27 bits per heavy atom. The molecule has 9 heteroatoms. The van der Waals surface area contributed by atoms with Gasteiger partial charge >= 0.3 is 0 Å². The van der Waals surface area contributed by atoms with Crippen LogP contribution in [0.2, 0.25) is 0 Å². The van der Waals surface area contributed by atoms with Crippen LogP contribution in [-0.2, 0) is 0 Å². The van der Waals surface area contributed by atoms with Crippen LogP contribution in [0, 0.1) is 21.4 Å². The normalized spacial score (nSPS) is 10.9. The van der Waals surface area contributed by atoms with E-state index in [2.05, 4.69) is 21.0 Å². The van der Waals surface area contributed by atoms with Crippen LogP contribution in [-0.4, -0.2) is 21.1 Å². The second kappa shape index (κ2) is 10.7. The highest BCUT2D eigenvalue weighted by atomic mass is 32.2. The predicted octanol–water partition coefficient (Wildman–Crippen LogP) is 7.09. The number of aliphatic imine (C=N–C) groups is 1. The molecule has 178 valence electrons. The molecule has 37 heavy (non-hydrogen) atoms. The van der Waals surface area contributed by atoms with Crippen LogP contribution in [0.15, 0.2) is 117 Å². The van der Waals surface area contributed by atoms with Gasteiger partial charge in [-0.1, -0.05) is 66.7 Å². The molecule has 0 atom stereocenters. The number of benzene rings is 3. The lowest BCUT2D eigenvalue weighted by Crippen LogP contribution is -1.94. The highest BCUT2D eigenvalue weighted by Gasteiger charge is 2.23. The summed E-state index contributed by atoms with van der Waals surface area (Å²) < 4.78 is 6.10. The van der Waals surface area contributed by atoms with Crippen LogP contribution in [0.25, 0.3) is 22.5 Å². The van der Waals surface area contributed by atoms with Gasteiger partial charge in [-0.05, 0) is 35.0 Å². The Hall–Kier alpha value is -5.07. The van der Waals surface area contributed by atoms with E-state index in [9.17, 15) is 15.4 Å². The van der Waals surface area contributed by atoms with Gasteiger partial charge in [-0.15, -0.1) is 0 Å². The van der Waals surface area contributed by atoms with Gasteiger partial charge in [0.25, 0.3) is 5.69 Å². The number of furan rings is 1. The fourth-order valence-electron chi connectivity index (χ4n) is 3.70. The first kappa shape index (κ1) is 23.7. The van der Waals surface area contributed by atoms with Crippen LogP contribution < -0.4 is 0 Å². The SMILES string of the molecule is N#Cc1c(N=Cc2ccc(Sc3ncccn3)c([N+](=O)[O-])c2)oc(-c2ccccc2)c1-c1ccccc1. The Kier molecular flexibility index (Phi) is 6.83. The maximum Gasteiger partial charge on any atom is 0.283 e. The number of nitro groups is 1. The molecule has 2 aromatic heterocycles. The summed E-state index contributed by atoms with van der Waals surface area (Å²) in [5.41, 5.74) is 2.93. The third-order valence-electron chi connectivity index (χ3n) is 5.35. The van der Waals surface area contributed by atoms with Crippen molar-refractivity contribution in [2.24, 2.45) is 4.99 Å². The highest BCUT2D eigenvalue weighted by molar-refractivity contribution is 7.99. The summed E-state index contributed by atoms with van der Waals surface area (Å²) in [5, 5.41) is 22.2. The summed E-state index contributed by atoms with van der Waals surface area (Å²) in [5.74, 6) is 0.648. The quantitative estimate of drug-likeness (QED) is 0.101. The van der Waals surface area contributed by atoms with Crippen molar-refractivity contribution < 1.29 is 9.34 Å². The molecule has 0 aliphatic heterocycles. The fraction of sp³-hybridized carbons (Fsp3) is 0. The number of nitrogens with zero attached hydrogens (tertiary/aromatic N) is 5. The number of nitriles is 1. The molecule has 5 aromatic rings. The van der Waals surface area contributed by atoms with Crippen molar-refractivity contribution >= 4 is 29.5 Å². The molecule has 0 unspecified atom stereocenters. The molecule has 0 fully saturated rings. The van der Waals surface area contributed by atoms with Crippen molar-refractivity contribution in [2.75, 3.05) is 0 Å². The minimum Gasteiger partial charge on any atom is -0.436 e. The molecule has 8 nitrogen and oxygen atoms in total. The number of nitro benzene ring substituents is 1. The van der Waals surface area contributed by atoms with E-state index in [1.807, 2.05) is 60.7 Å². The summed E-state index contributed by atoms with van der Waals surface area (Å²) in [7, 11) is 0. The molecule has 0 spiro atoms. The molecular formula is C28H17N5O3S. The zero-order valence-corrected chi connectivity index (χ0v) is 20.0. The Morgan fingerprint density at radius 2 is 1.62 bits per heavy atom. The lowest BCUT2D eigenvalue weighted by Gasteiger charge is -2.03. The maximum atomic E-state index is 11.7. The molecule has 0 bridgehead atoms. The Morgan fingerprint density at radius 1 is 0.946 bits per heavy atom. The van der Waals surface area contributed by atoms with Crippen LogP contribution >= 0.6 is 11.8 Å². The van der Waals surface area contributed by atoms with E-state index in [1.54, 1.807) is 30.6 Å². The minimum absolute atomic E-state index is 0.101. The zero-order valence-electron chi connectivity index (χ0n) is 19.2. The van der Waals surface area contributed by atoms with Crippen LogP contribution in [0.3, 0.4) is 0 Å². The van der Waals surface area contributed by atoms with Gasteiger partial charge in [0.15, 0.2) is 5.16 Å². The lowest BCUT2D eigenvalue weighted by molar-refractivity contribution is -0.387. The number of hydrogen-bond acceptors (Lipinski definition) is 8. The van der Waals surface area contributed by atoms with Crippen molar-refractivity contribution in [3.63, 3.8) is 0 Å². The molecule has 0 radical (unpaired) electrons. The third-order valence-corrected chi connectivity index (χ3v) is 6.31. The Labute approximate surface area is 216 Å². The summed E-state index contributed by atoms with van der Waals surface area (Å²) in [4.78, 5) is 24.3. The minimum atomic E-state index is -0.461. The van der Waals surface area contributed by atoms with Crippen molar-refractivity contribution in [1.82, 2.24) is 9.97 Å². The highest BCUT2D eigenvalue weighted by Crippen LogP contribution is 2.42. The zero-order chi connectivity index (χ0) is 25.6. The fourth-order valence-corrected chi connectivity index (χ4v) is 4.50. The molecule has 2 heterocycles. The molecule has 0 amide bonds. The standard InChI is InChI=1S/C28H17N5O3S/c29-17-22-25(20-8-3-1-4-9-20)26(21-10-5-2-6-11-21)36-27(22)32-18-19-12-13-24(23(16-19)33(34)35)37-28-30-14-7-15-31-28/h1-16,18H. The van der Waals surface area contributed by atoms with Gasteiger partial charge in [-0.25, -0.2) is 15.0 Å². The Bertz CT molecular complexity index is 1630. The van der Waals surface area contributed by atoms with Gasteiger partial charge in [0.2, 0.25) is 5.88 Å². The van der Waals surface area contributed by atoms with Crippen molar-refractivity contribution in [2.45, 2.75) is 10.1 Å². The average Bonchev–Trinajstić information content (AvgIpc) is 3.32. The molecule has 0 N–H and O–H groups in total. The van der Waals surface area contributed by atoms with E-state index in [0.717, 1.165) is 22.9 Å². The topological polar surface area (TPSA) is 118 Å². The van der Waals surface area contributed by atoms with Crippen LogP contribution in [0.1, 0.15) is 11.1 Å². The maximum absolute atomic E-state index is 11.7. The van der Waals surface area contributed by atoms with Crippen LogP contribution in [0.5, 0.6) is 0 Å². The van der Waals surface area contributed by atoms with E-state index in [1.165, 1.54) is 12.3 Å². The monoisotopic (exact) mass is 503 g/mol.